The fraction of sp³-hybridized carbons (Fsp3) is 0.400. The zero-order chi connectivity index (χ0) is 9.46. The van der Waals surface area contributed by atoms with Crippen LogP contribution in [-0.2, 0) is 0 Å². The molecule has 13 heavy (non-hydrogen) atoms. The number of hydrogen-bond donors (Lipinski definition) is 2. The van der Waals surface area contributed by atoms with E-state index in [1.807, 2.05) is 27.7 Å². The molecule has 0 aliphatic rings. The minimum absolute atomic E-state index is 0. The molecule has 1 aromatic carbocycles. The number of hydrogen-bond acceptors (Lipinski definition) is 2. The maximum atomic E-state index is 5.90. The molecule has 0 aromatic heterocycles. The van der Waals surface area contributed by atoms with Crippen LogP contribution in [0.3, 0.4) is 0 Å². The largest absolute Gasteiger partial charge is 0.398 e. The van der Waals surface area contributed by atoms with Gasteiger partial charge in [0.1, 0.15) is 0 Å². The van der Waals surface area contributed by atoms with E-state index in [4.69, 9.17) is 11.5 Å². The molecule has 4 N–H and O–H groups in total. The Morgan fingerprint density at radius 3 is 0.923 bits per heavy atom. The summed E-state index contributed by atoms with van der Waals surface area (Å²) in [7, 11) is 0. The van der Waals surface area contributed by atoms with Gasteiger partial charge in [-0.15, -0.1) is 12.4 Å². The molecule has 0 unspecified atom stereocenters. The molecule has 0 atom stereocenters. The van der Waals surface area contributed by atoms with Crippen LogP contribution in [0.15, 0.2) is 0 Å². The van der Waals surface area contributed by atoms with Gasteiger partial charge in [0.15, 0.2) is 0 Å². The highest BCUT2D eigenvalue weighted by molar-refractivity contribution is 5.85. The van der Waals surface area contributed by atoms with Crippen LogP contribution >= 0.6 is 12.4 Å². The fourth-order valence-corrected chi connectivity index (χ4v) is 1.37. The highest BCUT2D eigenvalue weighted by Gasteiger charge is 2.09. The molecule has 0 amide bonds. The van der Waals surface area contributed by atoms with Gasteiger partial charge in [0.25, 0.3) is 0 Å². The molecule has 1 aromatic rings. The molecule has 0 saturated heterocycles. The van der Waals surface area contributed by atoms with E-state index >= 15 is 0 Å². The van der Waals surface area contributed by atoms with Gasteiger partial charge >= 0.3 is 0 Å². The van der Waals surface area contributed by atoms with Crippen molar-refractivity contribution in [1.29, 1.82) is 0 Å². The zero-order valence-electron chi connectivity index (χ0n) is 8.56. The summed E-state index contributed by atoms with van der Waals surface area (Å²) >= 11 is 0. The summed E-state index contributed by atoms with van der Waals surface area (Å²) in [6.07, 6.45) is 0. The number of halogens is 1. The first-order valence-electron chi connectivity index (χ1n) is 4.08. The van der Waals surface area contributed by atoms with Crippen molar-refractivity contribution in [2.24, 2.45) is 0 Å². The highest BCUT2D eigenvalue weighted by atomic mass is 35.5. The predicted molar refractivity (Wildman–Crippen MR) is 61.5 cm³/mol. The third-order valence-electron chi connectivity index (χ3n) is 2.74. The lowest BCUT2D eigenvalue weighted by Crippen LogP contribution is -2.04. The van der Waals surface area contributed by atoms with Gasteiger partial charge in [-0.2, -0.15) is 0 Å². The molecule has 0 aliphatic heterocycles. The van der Waals surface area contributed by atoms with Gasteiger partial charge in [0.05, 0.1) is 0 Å². The normalized spacial score (nSPS) is 9.54. The first-order valence-corrected chi connectivity index (χ1v) is 4.08. The Hall–Kier alpha value is -0.890. The zero-order valence-corrected chi connectivity index (χ0v) is 9.38. The molecule has 0 saturated carbocycles. The monoisotopic (exact) mass is 200 g/mol. The SMILES string of the molecule is Cc1c(C)c(N)c(C)c(C)c1N.Cl. The molecule has 0 aliphatic carbocycles. The molecule has 0 bridgehead atoms. The summed E-state index contributed by atoms with van der Waals surface area (Å²) in [6.45, 7) is 8.03. The number of rotatable bonds is 0. The molecule has 2 nitrogen and oxygen atoms in total. The van der Waals surface area contributed by atoms with Crippen LogP contribution in [0.5, 0.6) is 0 Å². The summed E-state index contributed by atoms with van der Waals surface area (Å²) in [4.78, 5) is 0. The average molecular weight is 201 g/mol. The number of anilines is 2. The molecule has 74 valence electrons. The van der Waals surface area contributed by atoms with Crippen molar-refractivity contribution in [3.05, 3.63) is 22.3 Å². The molecular formula is C10H17ClN2. The first-order chi connectivity index (χ1) is 5.46. The Balaban J connectivity index is 0.00000144. The van der Waals surface area contributed by atoms with Gasteiger partial charge in [-0.3, -0.25) is 0 Å². The maximum absolute atomic E-state index is 5.90. The summed E-state index contributed by atoms with van der Waals surface area (Å²) in [5.74, 6) is 0. The van der Waals surface area contributed by atoms with Gasteiger partial charge in [-0.05, 0) is 49.9 Å². The van der Waals surface area contributed by atoms with Crippen molar-refractivity contribution in [3.8, 4) is 0 Å². The van der Waals surface area contributed by atoms with Gasteiger partial charge in [-0.1, -0.05) is 0 Å². The van der Waals surface area contributed by atoms with E-state index in [1.54, 1.807) is 0 Å². The van der Waals surface area contributed by atoms with E-state index in [2.05, 4.69) is 0 Å². The second-order valence-electron chi connectivity index (χ2n) is 3.33. The second kappa shape index (κ2) is 3.88. The quantitative estimate of drug-likeness (QED) is 0.633. The fourth-order valence-electron chi connectivity index (χ4n) is 1.37. The lowest BCUT2D eigenvalue weighted by Gasteiger charge is -2.14. The van der Waals surface area contributed by atoms with Gasteiger partial charge in [0.2, 0.25) is 0 Å². The van der Waals surface area contributed by atoms with Crippen LogP contribution in [0, 0.1) is 27.7 Å². The Morgan fingerprint density at radius 2 is 0.769 bits per heavy atom. The first kappa shape index (κ1) is 12.1. The number of nitrogens with two attached hydrogens (primary N) is 2. The van der Waals surface area contributed by atoms with Gasteiger partial charge in [-0.25, -0.2) is 0 Å². The Morgan fingerprint density at radius 1 is 0.615 bits per heavy atom. The lowest BCUT2D eigenvalue weighted by atomic mass is 9.97. The van der Waals surface area contributed by atoms with Crippen LogP contribution in [0.2, 0.25) is 0 Å². The van der Waals surface area contributed by atoms with E-state index < -0.39 is 0 Å². The van der Waals surface area contributed by atoms with Crippen molar-refractivity contribution in [3.63, 3.8) is 0 Å². The van der Waals surface area contributed by atoms with E-state index in [9.17, 15) is 0 Å². The van der Waals surface area contributed by atoms with Crippen LogP contribution < -0.4 is 11.5 Å². The van der Waals surface area contributed by atoms with E-state index in [1.165, 1.54) is 0 Å². The highest BCUT2D eigenvalue weighted by Crippen LogP contribution is 2.29. The smallest absolute Gasteiger partial charge is 0.0380 e. The Bertz CT molecular complexity index is 227. The summed E-state index contributed by atoms with van der Waals surface area (Å²) in [6, 6.07) is 0. The molecule has 0 fully saturated rings. The third kappa shape index (κ3) is 1.73. The van der Waals surface area contributed by atoms with Crippen LogP contribution in [0.1, 0.15) is 22.3 Å². The second-order valence-corrected chi connectivity index (χ2v) is 3.33. The van der Waals surface area contributed by atoms with Crippen molar-refractivity contribution in [2.45, 2.75) is 27.7 Å². The van der Waals surface area contributed by atoms with E-state index in [0.717, 1.165) is 33.6 Å². The van der Waals surface area contributed by atoms with Crippen molar-refractivity contribution in [1.82, 2.24) is 0 Å². The number of benzene rings is 1. The Kier molecular flexibility index (Phi) is 3.61. The average Bonchev–Trinajstić information content (AvgIpc) is 2.08. The Labute approximate surface area is 85.7 Å². The van der Waals surface area contributed by atoms with Gasteiger partial charge in [0, 0.05) is 11.4 Å². The summed E-state index contributed by atoms with van der Waals surface area (Å²) < 4.78 is 0. The maximum Gasteiger partial charge on any atom is 0.0380 e. The predicted octanol–water partition coefficient (Wildman–Crippen LogP) is 2.51. The summed E-state index contributed by atoms with van der Waals surface area (Å²) in [5.41, 5.74) is 18.0. The lowest BCUT2D eigenvalue weighted by molar-refractivity contribution is 1.26. The standard InChI is InChI=1S/C10H16N2.ClH/c1-5-6(2)10(12)8(4)7(3)9(5)11;/h11-12H2,1-4H3;1H. The van der Waals surface area contributed by atoms with Crippen molar-refractivity contribution >= 4 is 23.8 Å². The molecule has 0 heterocycles. The van der Waals surface area contributed by atoms with E-state index in [0.29, 0.717) is 0 Å². The summed E-state index contributed by atoms with van der Waals surface area (Å²) in [5, 5.41) is 0. The molecule has 3 heteroatoms. The van der Waals surface area contributed by atoms with Crippen LogP contribution in [0.4, 0.5) is 11.4 Å². The van der Waals surface area contributed by atoms with Crippen molar-refractivity contribution < 1.29 is 0 Å². The topological polar surface area (TPSA) is 52.0 Å². The molecule has 0 radical (unpaired) electrons. The number of nitrogen functional groups attached to an aromatic ring is 2. The molecule has 1 rings (SSSR count). The van der Waals surface area contributed by atoms with Crippen LogP contribution in [0.25, 0.3) is 0 Å². The molecular weight excluding hydrogens is 184 g/mol. The van der Waals surface area contributed by atoms with Crippen molar-refractivity contribution in [2.75, 3.05) is 11.5 Å². The third-order valence-corrected chi connectivity index (χ3v) is 2.74. The minimum atomic E-state index is 0. The molecule has 0 spiro atoms. The van der Waals surface area contributed by atoms with Gasteiger partial charge < -0.3 is 11.5 Å². The van der Waals surface area contributed by atoms with Crippen LogP contribution in [-0.4, -0.2) is 0 Å². The van der Waals surface area contributed by atoms with E-state index in [-0.39, 0.29) is 12.4 Å². The minimum Gasteiger partial charge on any atom is -0.398 e.